The standard InChI is InChI=1S/C22H26N2O4/c1-13-20(17-9-5-6-10-18(17)23-13)21(26)14(2)28-22(27)15-11-19(25)24(12-15)16-7-3-4-8-16/h5-6,9-10,14-16,23H,3-4,7-8,11-12H2,1-2H3/t14-,15-/m1/s1. The summed E-state index contributed by atoms with van der Waals surface area (Å²) in [5, 5.41) is 0.830. The summed E-state index contributed by atoms with van der Waals surface area (Å²) in [6.07, 6.45) is 3.60. The summed E-state index contributed by atoms with van der Waals surface area (Å²) >= 11 is 0. The van der Waals surface area contributed by atoms with Gasteiger partial charge in [0.2, 0.25) is 11.7 Å². The van der Waals surface area contributed by atoms with Crippen molar-refractivity contribution in [1.82, 2.24) is 9.88 Å². The highest BCUT2D eigenvalue weighted by Gasteiger charge is 2.40. The second-order valence-corrected chi connectivity index (χ2v) is 8.00. The Bertz CT molecular complexity index is 926. The van der Waals surface area contributed by atoms with Gasteiger partial charge in [0.25, 0.3) is 0 Å². The van der Waals surface area contributed by atoms with Crippen molar-refractivity contribution in [1.29, 1.82) is 0 Å². The van der Waals surface area contributed by atoms with Gasteiger partial charge < -0.3 is 14.6 Å². The van der Waals surface area contributed by atoms with E-state index in [1.807, 2.05) is 36.1 Å². The number of aromatic nitrogens is 1. The van der Waals surface area contributed by atoms with Crippen LogP contribution in [0.1, 0.15) is 55.1 Å². The second-order valence-electron chi connectivity index (χ2n) is 8.00. The number of amides is 1. The summed E-state index contributed by atoms with van der Waals surface area (Å²) in [6.45, 7) is 3.86. The van der Waals surface area contributed by atoms with Crippen LogP contribution < -0.4 is 0 Å². The van der Waals surface area contributed by atoms with Crippen LogP contribution in [0, 0.1) is 12.8 Å². The minimum atomic E-state index is -0.888. The first-order valence-corrected chi connectivity index (χ1v) is 10.1. The number of ether oxygens (including phenoxy) is 1. The van der Waals surface area contributed by atoms with Gasteiger partial charge in [-0.15, -0.1) is 0 Å². The smallest absolute Gasteiger partial charge is 0.311 e. The number of carbonyl (C=O) groups excluding carboxylic acids is 3. The van der Waals surface area contributed by atoms with Crippen molar-refractivity contribution < 1.29 is 19.1 Å². The van der Waals surface area contributed by atoms with Crippen LogP contribution in [0.15, 0.2) is 24.3 Å². The van der Waals surface area contributed by atoms with E-state index in [0.29, 0.717) is 12.1 Å². The van der Waals surface area contributed by atoms with Crippen LogP contribution >= 0.6 is 0 Å². The van der Waals surface area contributed by atoms with Crippen LogP contribution in [-0.4, -0.2) is 46.2 Å². The van der Waals surface area contributed by atoms with Crippen LogP contribution in [0.25, 0.3) is 10.9 Å². The Morgan fingerprint density at radius 3 is 2.68 bits per heavy atom. The number of H-pyrrole nitrogens is 1. The van der Waals surface area contributed by atoms with Crippen molar-refractivity contribution in [2.75, 3.05) is 6.54 Å². The normalized spacial score (nSPS) is 21.4. The number of fused-ring (bicyclic) bond motifs is 1. The Morgan fingerprint density at radius 1 is 1.21 bits per heavy atom. The molecule has 2 atom stereocenters. The van der Waals surface area contributed by atoms with Crippen molar-refractivity contribution in [3.05, 3.63) is 35.5 Å². The molecule has 6 heteroatoms. The lowest BCUT2D eigenvalue weighted by atomic mass is 10.0. The molecule has 1 aliphatic carbocycles. The van der Waals surface area contributed by atoms with Gasteiger partial charge in [0.05, 0.1) is 5.92 Å². The van der Waals surface area contributed by atoms with E-state index in [2.05, 4.69) is 4.98 Å². The van der Waals surface area contributed by atoms with E-state index in [-0.39, 0.29) is 24.2 Å². The third-order valence-corrected chi connectivity index (χ3v) is 6.06. The maximum atomic E-state index is 13.0. The monoisotopic (exact) mass is 382 g/mol. The number of likely N-dealkylation sites (tertiary alicyclic amines) is 1. The Hall–Kier alpha value is -2.63. The van der Waals surface area contributed by atoms with Gasteiger partial charge in [0, 0.05) is 41.2 Å². The molecule has 0 radical (unpaired) electrons. The van der Waals surface area contributed by atoms with Gasteiger partial charge in [0.1, 0.15) is 0 Å². The molecule has 2 aliphatic rings. The van der Waals surface area contributed by atoms with E-state index in [0.717, 1.165) is 42.3 Å². The van der Waals surface area contributed by atoms with Gasteiger partial charge in [-0.05, 0) is 32.8 Å². The van der Waals surface area contributed by atoms with Crippen LogP contribution in [0.2, 0.25) is 0 Å². The van der Waals surface area contributed by atoms with Gasteiger partial charge in [-0.3, -0.25) is 14.4 Å². The Morgan fingerprint density at radius 2 is 1.93 bits per heavy atom. The predicted octanol–water partition coefficient (Wildman–Crippen LogP) is 3.38. The number of rotatable bonds is 5. The molecule has 4 rings (SSSR count). The molecular formula is C22H26N2O4. The summed E-state index contributed by atoms with van der Waals surface area (Å²) in [6, 6.07) is 7.85. The van der Waals surface area contributed by atoms with E-state index in [1.54, 1.807) is 6.92 Å². The molecule has 0 bridgehead atoms. The quantitative estimate of drug-likeness (QED) is 0.635. The Balaban J connectivity index is 1.43. The molecule has 2 heterocycles. The molecule has 0 spiro atoms. The number of hydrogen-bond donors (Lipinski definition) is 1. The van der Waals surface area contributed by atoms with Crippen LogP contribution in [0.4, 0.5) is 0 Å². The third kappa shape index (κ3) is 3.32. The van der Waals surface area contributed by atoms with E-state index >= 15 is 0 Å². The molecule has 1 aliphatic heterocycles. The molecule has 2 fully saturated rings. The van der Waals surface area contributed by atoms with Crippen LogP contribution in [0.3, 0.4) is 0 Å². The second kappa shape index (κ2) is 7.41. The molecule has 1 aromatic heterocycles. The zero-order valence-electron chi connectivity index (χ0n) is 16.4. The number of ketones is 1. The van der Waals surface area contributed by atoms with Gasteiger partial charge in [-0.25, -0.2) is 0 Å². The lowest BCUT2D eigenvalue weighted by Crippen LogP contribution is -2.35. The Labute approximate surface area is 164 Å². The topological polar surface area (TPSA) is 79.5 Å². The summed E-state index contributed by atoms with van der Waals surface area (Å²) < 4.78 is 5.50. The maximum absolute atomic E-state index is 13.0. The molecule has 2 aromatic rings. The first-order valence-electron chi connectivity index (χ1n) is 10.1. The highest BCUT2D eigenvalue weighted by atomic mass is 16.5. The molecule has 1 aromatic carbocycles. The van der Waals surface area contributed by atoms with Crippen molar-refractivity contribution in [2.45, 2.75) is 58.1 Å². The third-order valence-electron chi connectivity index (χ3n) is 6.06. The average Bonchev–Trinajstić information content (AvgIpc) is 3.38. The molecule has 1 amide bonds. The van der Waals surface area contributed by atoms with E-state index < -0.39 is 18.0 Å². The van der Waals surface area contributed by atoms with Crippen molar-refractivity contribution in [2.24, 2.45) is 5.92 Å². The zero-order valence-corrected chi connectivity index (χ0v) is 16.4. The van der Waals surface area contributed by atoms with Gasteiger partial charge >= 0.3 is 5.97 Å². The molecular weight excluding hydrogens is 356 g/mol. The average molecular weight is 382 g/mol. The lowest BCUT2D eigenvalue weighted by molar-refractivity contribution is -0.151. The summed E-state index contributed by atoms with van der Waals surface area (Å²) in [5.74, 6) is -1.12. The molecule has 1 saturated heterocycles. The molecule has 148 valence electrons. The highest BCUT2D eigenvalue weighted by molar-refractivity contribution is 6.11. The molecule has 1 saturated carbocycles. The lowest BCUT2D eigenvalue weighted by Gasteiger charge is -2.24. The van der Waals surface area contributed by atoms with E-state index in [1.165, 1.54) is 0 Å². The predicted molar refractivity (Wildman–Crippen MR) is 105 cm³/mol. The minimum absolute atomic E-state index is 0.0281. The van der Waals surface area contributed by atoms with E-state index in [4.69, 9.17) is 4.74 Å². The first kappa shape index (κ1) is 18.7. The number of carbonyl (C=O) groups is 3. The van der Waals surface area contributed by atoms with Crippen molar-refractivity contribution in [3.63, 3.8) is 0 Å². The summed E-state index contributed by atoms with van der Waals surface area (Å²) in [5.41, 5.74) is 2.21. The number of aromatic amines is 1. The number of esters is 1. The Kier molecular flexibility index (Phi) is 4.96. The number of nitrogens with one attached hydrogen (secondary N) is 1. The summed E-state index contributed by atoms with van der Waals surface area (Å²) in [4.78, 5) is 42.9. The largest absolute Gasteiger partial charge is 0.454 e. The number of aryl methyl sites for hydroxylation is 1. The van der Waals surface area contributed by atoms with Crippen molar-refractivity contribution in [3.8, 4) is 0 Å². The number of hydrogen-bond acceptors (Lipinski definition) is 4. The number of para-hydroxylation sites is 1. The SMILES string of the molecule is Cc1[nH]c2ccccc2c1C(=O)[C@@H](C)OC(=O)[C@@H]1CC(=O)N(C2CCCC2)C1. The van der Waals surface area contributed by atoms with Gasteiger partial charge in [0.15, 0.2) is 6.10 Å². The molecule has 1 N–H and O–H groups in total. The van der Waals surface area contributed by atoms with E-state index in [9.17, 15) is 14.4 Å². The fraction of sp³-hybridized carbons (Fsp3) is 0.500. The number of Topliss-reactive ketones (excluding diaryl/α,β-unsaturated/α-hetero) is 1. The first-order chi connectivity index (χ1) is 13.5. The number of nitrogens with zero attached hydrogens (tertiary/aromatic N) is 1. The number of benzene rings is 1. The van der Waals surface area contributed by atoms with Crippen LogP contribution in [0.5, 0.6) is 0 Å². The fourth-order valence-electron chi connectivity index (χ4n) is 4.58. The zero-order chi connectivity index (χ0) is 19.8. The van der Waals surface area contributed by atoms with Crippen molar-refractivity contribution >= 4 is 28.6 Å². The molecule has 6 nitrogen and oxygen atoms in total. The molecule has 28 heavy (non-hydrogen) atoms. The maximum Gasteiger partial charge on any atom is 0.311 e. The highest BCUT2D eigenvalue weighted by Crippen LogP contribution is 2.30. The van der Waals surface area contributed by atoms with Gasteiger partial charge in [-0.2, -0.15) is 0 Å². The van der Waals surface area contributed by atoms with Crippen LogP contribution in [-0.2, 0) is 14.3 Å². The van der Waals surface area contributed by atoms with Gasteiger partial charge in [-0.1, -0.05) is 31.0 Å². The fourth-order valence-corrected chi connectivity index (χ4v) is 4.58. The minimum Gasteiger partial charge on any atom is -0.454 e. The molecule has 0 unspecified atom stereocenters. The summed E-state index contributed by atoms with van der Waals surface area (Å²) in [7, 11) is 0.